The summed E-state index contributed by atoms with van der Waals surface area (Å²) < 4.78 is 0. The quantitative estimate of drug-likeness (QED) is 0.143. The summed E-state index contributed by atoms with van der Waals surface area (Å²) in [5.74, 6) is -0.299. The molecule has 2 aliphatic rings. The van der Waals surface area contributed by atoms with E-state index in [-0.39, 0.29) is 28.5 Å². The summed E-state index contributed by atoms with van der Waals surface area (Å²) in [6.07, 6.45) is 8.09. The molecule has 1 aromatic carbocycles. The molecule has 0 atom stereocenters. The summed E-state index contributed by atoms with van der Waals surface area (Å²) in [6.45, 7) is 0. The van der Waals surface area contributed by atoms with Gasteiger partial charge in [-0.25, -0.2) is 9.97 Å². The average molecular weight is 513 g/mol. The van der Waals surface area contributed by atoms with E-state index in [9.17, 15) is 10.1 Å². The largest absolute Gasteiger partial charge is 0.502 e. The van der Waals surface area contributed by atoms with Crippen LogP contribution in [0.25, 0.3) is 46.4 Å². The van der Waals surface area contributed by atoms with Gasteiger partial charge in [-0.05, 0) is 78.9 Å². The van der Waals surface area contributed by atoms with E-state index >= 15 is 0 Å². The van der Waals surface area contributed by atoms with Gasteiger partial charge in [-0.3, -0.25) is 10.1 Å². The van der Waals surface area contributed by atoms with Crippen LogP contribution < -0.4 is 0 Å². The zero-order chi connectivity index (χ0) is 23.5. The molecule has 0 spiro atoms. The number of fused-ring (bicyclic) bond motifs is 8. The van der Waals surface area contributed by atoms with Crippen molar-refractivity contribution in [1.82, 2.24) is 19.9 Å². The van der Waals surface area contributed by atoms with Gasteiger partial charge in [-0.1, -0.05) is 12.1 Å². The molecule has 35 heavy (non-hydrogen) atoms. The van der Waals surface area contributed by atoms with Gasteiger partial charge in [0.25, 0.3) is 0 Å². The van der Waals surface area contributed by atoms with Crippen LogP contribution in [0, 0.1) is 10.1 Å². The number of phenols is 1. The van der Waals surface area contributed by atoms with Crippen LogP contribution in [0.5, 0.6) is 5.75 Å². The number of nitro benzene ring substituents is 1. The van der Waals surface area contributed by atoms with E-state index in [1.807, 2.05) is 48.6 Å². The summed E-state index contributed by atoms with van der Waals surface area (Å²) in [6, 6.07) is 21.9. The minimum absolute atomic E-state index is 0. The SMILES string of the molecule is C1=Cc2cc3ccc(cc4nc(cc5ccc(cc1n2)[nH]5)C=C4)[nH]3.O=[N+]([O-])c1ccccc1O.[Cu]. The van der Waals surface area contributed by atoms with Gasteiger partial charge >= 0.3 is 5.69 Å². The van der Waals surface area contributed by atoms with Crippen molar-refractivity contribution in [1.29, 1.82) is 0 Å². The van der Waals surface area contributed by atoms with E-state index in [1.165, 1.54) is 24.3 Å². The molecule has 5 heterocycles. The molecule has 8 bridgehead atoms. The first kappa shape index (κ1) is 23.7. The minimum atomic E-state index is -0.630. The van der Waals surface area contributed by atoms with E-state index in [1.54, 1.807) is 0 Å². The Balaban J connectivity index is 0.000000224. The van der Waals surface area contributed by atoms with Crippen LogP contribution in [0.1, 0.15) is 22.8 Å². The van der Waals surface area contributed by atoms with Gasteiger partial charge in [0.2, 0.25) is 0 Å². The van der Waals surface area contributed by atoms with Gasteiger partial charge in [0.05, 0.1) is 27.7 Å². The standard InChI is InChI=1S/C20H14N4.C6H5NO3.Cu/c1-2-14-10-16-5-6-18(23-16)12-20-8-7-19(24-20)11-17-4-3-15(22-17)9-13(1)21-14;8-6-4-2-1-3-5(6)7(9)10;/h1-12,21,24H;1-4,8H;. The van der Waals surface area contributed by atoms with Crippen LogP contribution >= 0.6 is 0 Å². The van der Waals surface area contributed by atoms with Gasteiger partial charge in [-0.2, -0.15) is 0 Å². The van der Waals surface area contributed by atoms with Crippen molar-refractivity contribution in [3.05, 3.63) is 106 Å². The van der Waals surface area contributed by atoms with Crippen molar-refractivity contribution >= 4 is 52.1 Å². The van der Waals surface area contributed by atoms with Crippen LogP contribution in [0.15, 0.2) is 72.8 Å². The smallest absolute Gasteiger partial charge is 0.310 e. The summed E-state index contributed by atoms with van der Waals surface area (Å²) >= 11 is 0. The molecule has 3 N–H and O–H groups in total. The number of rotatable bonds is 1. The number of benzene rings is 1. The summed E-state index contributed by atoms with van der Waals surface area (Å²) in [5, 5.41) is 18.9. The predicted octanol–water partition coefficient (Wildman–Crippen LogP) is 5.95. The normalized spacial score (nSPS) is 11.3. The van der Waals surface area contributed by atoms with Crippen LogP contribution in [0.3, 0.4) is 0 Å². The van der Waals surface area contributed by atoms with E-state index in [0.29, 0.717) is 0 Å². The molecule has 9 heteroatoms. The fourth-order valence-corrected chi connectivity index (χ4v) is 3.56. The number of hydrogen-bond acceptors (Lipinski definition) is 5. The number of aromatic nitrogens is 4. The number of nitro groups is 1. The molecular weight excluding hydrogens is 494 g/mol. The monoisotopic (exact) mass is 512 g/mol. The number of nitrogens with zero attached hydrogens (tertiary/aromatic N) is 3. The number of aromatic hydroxyl groups is 1. The Morgan fingerprint density at radius 3 is 1.34 bits per heavy atom. The van der Waals surface area contributed by atoms with Crippen LogP contribution in [0.4, 0.5) is 5.69 Å². The number of H-pyrrole nitrogens is 2. The first-order chi connectivity index (χ1) is 16.5. The molecular formula is C26H19CuN5O3. The molecule has 8 nitrogen and oxygen atoms in total. The number of hydrogen-bond donors (Lipinski definition) is 3. The molecule has 0 unspecified atom stereocenters. The maximum absolute atomic E-state index is 10.1. The Kier molecular flexibility index (Phi) is 6.91. The third kappa shape index (κ3) is 5.73. The van der Waals surface area contributed by atoms with Crippen molar-refractivity contribution in [2.75, 3.05) is 0 Å². The van der Waals surface area contributed by atoms with Crippen molar-refractivity contribution in [2.45, 2.75) is 0 Å². The zero-order valence-electron chi connectivity index (χ0n) is 18.1. The Bertz CT molecular complexity index is 1440. The van der Waals surface area contributed by atoms with Crippen LogP contribution in [-0.4, -0.2) is 30.0 Å². The Hall–Kier alpha value is -4.46. The fraction of sp³-hybridized carbons (Fsp3) is 0. The second-order valence-electron chi connectivity index (χ2n) is 7.65. The van der Waals surface area contributed by atoms with Crippen LogP contribution in [0.2, 0.25) is 0 Å². The molecule has 6 rings (SSSR count). The van der Waals surface area contributed by atoms with Crippen LogP contribution in [-0.2, 0) is 17.1 Å². The molecule has 0 amide bonds. The minimum Gasteiger partial charge on any atom is -0.502 e. The molecule has 0 fully saturated rings. The molecule has 0 saturated carbocycles. The van der Waals surface area contributed by atoms with Gasteiger partial charge in [0, 0.05) is 45.2 Å². The fourth-order valence-electron chi connectivity index (χ4n) is 3.56. The van der Waals surface area contributed by atoms with Gasteiger partial charge < -0.3 is 15.1 Å². The van der Waals surface area contributed by atoms with Crippen molar-refractivity contribution in [3.8, 4) is 5.75 Å². The topological polar surface area (TPSA) is 121 Å². The second kappa shape index (κ2) is 10.2. The maximum Gasteiger partial charge on any atom is 0.310 e. The van der Waals surface area contributed by atoms with Gasteiger partial charge in [-0.15, -0.1) is 0 Å². The first-order valence-corrected chi connectivity index (χ1v) is 10.5. The Labute approximate surface area is 210 Å². The van der Waals surface area contributed by atoms with E-state index < -0.39 is 4.92 Å². The number of phenolic OH excluding ortho intramolecular Hbond substituents is 1. The maximum atomic E-state index is 10.1. The third-order valence-electron chi connectivity index (χ3n) is 5.12. The molecule has 0 aliphatic carbocycles. The zero-order valence-corrected chi connectivity index (χ0v) is 19.1. The van der Waals surface area contributed by atoms with Crippen molar-refractivity contribution < 1.29 is 27.1 Å². The van der Waals surface area contributed by atoms with Gasteiger partial charge in [0.15, 0.2) is 5.75 Å². The van der Waals surface area contributed by atoms with Gasteiger partial charge in [0.1, 0.15) is 0 Å². The molecule has 0 saturated heterocycles. The summed E-state index contributed by atoms with van der Waals surface area (Å²) in [4.78, 5) is 25.5. The molecule has 4 aromatic rings. The van der Waals surface area contributed by atoms with Crippen molar-refractivity contribution in [2.24, 2.45) is 0 Å². The van der Waals surface area contributed by atoms with E-state index in [2.05, 4.69) is 44.2 Å². The van der Waals surface area contributed by atoms with E-state index in [0.717, 1.165) is 44.8 Å². The molecule has 3 aromatic heterocycles. The van der Waals surface area contributed by atoms with Crippen molar-refractivity contribution in [3.63, 3.8) is 0 Å². The van der Waals surface area contributed by atoms with E-state index in [4.69, 9.17) is 5.11 Å². The predicted molar refractivity (Wildman–Crippen MR) is 134 cm³/mol. The second-order valence-corrected chi connectivity index (χ2v) is 7.65. The average Bonchev–Trinajstić information content (AvgIpc) is 3.60. The third-order valence-corrected chi connectivity index (χ3v) is 5.12. The number of nitrogens with one attached hydrogen (secondary N) is 2. The molecule has 2 aliphatic heterocycles. The Morgan fingerprint density at radius 1 is 0.657 bits per heavy atom. The summed E-state index contributed by atoms with van der Waals surface area (Å²) in [5.41, 5.74) is 7.60. The molecule has 177 valence electrons. The Morgan fingerprint density at radius 2 is 1.03 bits per heavy atom. The molecule has 1 radical (unpaired) electrons. The number of aromatic amines is 2. The first-order valence-electron chi connectivity index (χ1n) is 10.5. The summed E-state index contributed by atoms with van der Waals surface area (Å²) in [7, 11) is 0. The number of para-hydroxylation sites is 2.